The fourth-order valence-corrected chi connectivity index (χ4v) is 4.59. The average Bonchev–Trinajstić information content (AvgIpc) is 2.97. The van der Waals surface area contributed by atoms with Gasteiger partial charge in [-0.1, -0.05) is 65.7 Å². The number of rotatable bonds is 15. The van der Waals surface area contributed by atoms with Gasteiger partial charge in [0.2, 0.25) is 17.7 Å². The Morgan fingerprint density at radius 3 is 2.19 bits per heavy atom. The van der Waals surface area contributed by atoms with E-state index in [1.807, 2.05) is 30.3 Å². The summed E-state index contributed by atoms with van der Waals surface area (Å²) >= 11 is 12.3. The summed E-state index contributed by atoms with van der Waals surface area (Å²) in [4.78, 5) is 40.8. The van der Waals surface area contributed by atoms with E-state index < -0.39 is 23.9 Å². The lowest BCUT2D eigenvalue weighted by molar-refractivity contribution is -0.134. The molecule has 42 heavy (non-hydrogen) atoms. The molecule has 3 rings (SSSR count). The maximum absolute atomic E-state index is 13.5. The van der Waals surface area contributed by atoms with Gasteiger partial charge in [-0.2, -0.15) is 0 Å². The first kappa shape index (κ1) is 32.8. The minimum absolute atomic E-state index is 0.253. The van der Waals surface area contributed by atoms with E-state index in [9.17, 15) is 14.4 Å². The molecule has 0 spiro atoms. The molecule has 2 atom stereocenters. The van der Waals surface area contributed by atoms with Crippen LogP contribution in [0.1, 0.15) is 18.4 Å². The van der Waals surface area contributed by atoms with Crippen molar-refractivity contribution in [3.8, 4) is 11.5 Å². The number of hydrogen-bond donors (Lipinski definition) is 5. The first-order valence-corrected chi connectivity index (χ1v) is 14.3. The summed E-state index contributed by atoms with van der Waals surface area (Å²) < 4.78 is 5.96. The highest BCUT2D eigenvalue weighted by molar-refractivity contribution is 6.35. The summed E-state index contributed by atoms with van der Waals surface area (Å²) in [6, 6.07) is 19.1. The number of ether oxygens (including phenoxy) is 1. The zero-order chi connectivity index (χ0) is 30.5. The molecule has 0 heterocycles. The number of carbonyl (C=O) groups excluding carboxylic acids is 3. The summed E-state index contributed by atoms with van der Waals surface area (Å²) in [6.45, 7) is 1.11. The van der Waals surface area contributed by atoms with Crippen molar-refractivity contribution in [3.63, 3.8) is 0 Å². The van der Waals surface area contributed by atoms with Crippen LogP contribution in [-0.2, 0) is 20.8 Å². The molecule has 0 radical (unpaired) electrons. The van der Waals surface area contributed by atoms with Gasteiger partial charge < -0.3 is 37.5 Å². The van der Waals surface area contributed by atoms with E-state index in [4.69, 9.17) is 45.1 Å². The number of nitrogens with zero attached hydrogens (tertiary/aromatic N) is 1. The van der Waals surface area contributed by atoms with Crippen LogP contribution in [-0.4, -0.2) is 60.9 Å². The van der Waals surface area contributed by atoms with Crippen LogP contribution in [0.3, 0.4) is 0 Å². The van der Waals surface area contributed by atoms with Gasteiger partial charge in [-0.25, -0.2) is 0 Å². The van der Waals surface area contributed by atoms with E-state index in [1.54, 1.807) is 42.5 Å². The van der Waals surface area contributed by atoms with E-state index in [2.05, 4.69) is 10.6 Å². The summed E-state index contributed by atoms with van der Waals surface area (Å²) in [5.74, 6) is -0.764. The smallest absolute Gasteiger partial charge is 0.247 e. The number of aryl methyl sites for hydroxylation is 1. The van der Waals surface area contributed by atoms with Gasteiger partial charge in [0, 0.05) is 31.2 Å². The van der Waals surface area contributed by atoms with E-state index in [0.29, 0.717) is 46.7 Å². The highest BCUT2D eigenvalue weighted by atomic mass is 35.5. The Balaban J connectivity index is 1.75. The van der Waals surface area contributed by atoms with Crippen LogP contribution in [0.25, 0.3) is 0 Å². The third-order valence-electron chi connectivity index (χ3n) is 6.34. The molecule has 10 nitrogen and oxygen atoms in total. The Hall–Kier alpha value is -3.67. The molecule has 3 amide bonds. The predicted molar refractivity (Wildman–Crippen MR) is 166 cm³/mol. The van der Waals surface area contributed by atoms with E-state index in [-0.39, 0.29) is 31.8 Å². The van der Waals surface area contributed by atoms with Gasteiger partial charge in [0.25, 0.3) is 0 Å². The molecular weight excluding hydrogens is 579 g/mol. The number of anilines is 1. The molecule has 224 valence electrons. The third-order valence-corrected chi connectivity index (χ3v) is 6.87. The fraction of sp³-hybridized carbons (Fsp3) is 0.300. The van der Waals surface area contributed by atoms with Gasteiger partial charge >= 0.3 is 0 Å². The normalized spacial score (nSPS) is 12.2. The second-order valence-corrected chi connectivity index (χ2v) is 10.4. The fourth-order valence-electron chi connectivity index (χ4n) is 4.14. The Morgan fingerprint density at radius 2 is 1.52 bits per heavy atom. The Bertz CT molecular complexity index is 1340. The molecule has 0 aliphatic heterocycles. The number of nitrogens with one attached hydrogen (secondary N) is 2. The lowest BCUT2D eigenvalue weighted by atomic mass is 10.0. The second-order valence-electron chi connectivity index (χ2n) is 9.52. The number of amides is 3. The molecule has 0 bridgehead atoms. The molecule has 0 aliphatic carbocycles. The third kappa shape index (κ3) is 10.0. The lowest BCUT2D eigenvalue weighted by Gasteiger charge is -2.24. The summed E-state index contributed by atoms with van der Waals surface area (Å²) in [7, 11) is 0. The molecule has 0 saturated heterocycles. The maximum atomic E-state index is 13.5. The summed E-state index contributed by atoms with van der Waals surface area (Å²) in [5, 5.41) is 6.33. The van der Waals surface area contributed by atoms with Crippen molar-refractivity contribution in [3.05, 3.63) is 88.4 Å². The molecule has 12 heteroatoms. The molecule has 0 fully saturated rings. The van der Waals surface area contributed by atoms with Crippen molar-refractivity contribution in [2.24, 2.45) is 17.2 Å². The average molecular weight is 616 g/mol. The number of halogens is 2. The van der Waals surface area contributed by atoms with E-state index in [1.165, 1.54) is 4.90 Å². The first-order chi connectivity index (χ1) is 20.2. The van der Waals surface area contributed by atoms with Crippen molar-refractivity contribution in [1.82, 2.24) is 10.2 Å². The summed E-state index contributed by atoms with van der Waals surface area (Å²) in [6.07, 6.45) is 0.533. The van der Waals surface area contributed by atoms with Crippen LogP contribution in [0.2, 0.25) is 10.0 Å². The standard InChI is InChI=1S/C30H36Cl2N6O4/c31-21-11-13-26(22(32)18-21)42-27-9-5-4-8-24(27)36-30(41)25(12-10-20-6-2-1-3-7-20)37-29(40)23(35)19-28(39)38(16-14-33)17-15-34/h1-9,11,13,18,23,25H,10,12,14-17,19,33-35H2,(H,36,41)(H,37,40). The monoisotopic (exact) mass is 614 g/mol. The van der Waals surface area contributed by atoms with Gasteiger partial charge in [0.05, 0.1) is 23.2 Å². The highest BCUT2D eigenvalue weighted by Crippen LogP contribution is 2.35. The predicted octanol–water partition coefficient (Wildman–Crippen LogP) is 3.31. The Labute approximate surface area is 255 Å². The zero-order valence-electron chi connectivity index (χ0n) is 23.1. The quantitative estimate of drug-likeness (QED) is 0.175. The van der Waals surface area contributed by atoms with Crippen LogP contribution >= 0.6 is 23.2 Å². The van der Waals surface area contributed by atoms with Gasteiger partial charge in [0.1, 0.15) is 11.8 Å². The molecule has 0 aliphatic rings. The Kier molecular flexibility index (Phi) is 13.1. The van der Waals surface area contributed by atoms with Crippen molar-refractivity contribution in [1.29, 1.82) is 0 Å². The number of carbonyl (C=O) groups is 3. The molecule has 8 N–H and O–H groups in total. The largest absolute Gasteiger partial charge is 0.454 e. The van der Waals surface area contributed by atoms with Crippen molar-refractivity contribution in [2.45, 2.75) is 31.3 Å². The maximum Gasteiger partial charge on any atom is 0.247 e. The van der Waals surface area contributed by atoms with Gasteiger partial charge in [0.15, 0.2) is 5.75 Å². The summed E-state index contributed by atoms with van der Waals surface area (Å²) in [5.41, 5.74) is 18.6. The van der Waals surface area contributed by atoms with E-state index in [0.717, 1.165) is 5.56 Å². The van der Waals surface area contributed by atoms with E-state index >= 15 is 0 Å². The number of hydrogen-bond acceptors (Lipinski definition) is 7. The second kappa shape index (κ2) is 16.7. The van der Waals surface area contributed by atoms with Crippen LogP contribution < -0.4 is 32.6 Å². The zero-order valence-corrected chi connectivity index (χ0v) is 24.6. The molecule has 3 aromatic rings. The van der Waals surface area contributed by atoms with Crippen LogP contribution in [0.5, 0.6) is 11.5 Å². The van der Waals surface area contributed by atoms with Crippen molar-refractivity contribution < 1.29 is 19.1 Å². The number of nitrogens with two attached hydrogens (primary N) is 3. The minimum Gasteiger partial charge on any atom is -0.454 e. The van der Waals surface area contributed by atoms with Gasteiger partial charge in [-0.15, -0.1) is 0 Å². The van der Waals surface area contributed by atoms with Gasteiger partial charge in [-0.05, 0) is 48.7 Å². The van der Waals surface area contributed by atoms with Crippen molar-refractivity contribution >= 4 is 46.6 Å². The highest BCUT2D eigenvalue weighted by Gasteiger charge is 2.27. The van der Waals surface area contributed by atoms with Gasteiger partial charge in [-0.3, -0.25) is 14.4 Å². The topological polar surface area (TPSA) is 166 Å². The number of para-hydroxylation sites is 2. The molecule has 3 aromatic carbocycles. The molecule has 0 aromatic heterocycles. The number of benzene rings is 3. The van der Waals surface area contributed by atoms with Crippen LogP contribution in [0.15, 0.2) is 72.8 Å². The van der Waals surface area contributed by atoms with Crippen LogP contribution in [0.4, 0.5) is 5.69 Å². The Morgan fingerprint density at radius 1 is 0.857 bits per heavy atom. The SMILES string of the molecule is NCCN(CCN)C(=O)CC(N)C(=O)NC(CCc1ccccc1)C(=O)Nc1ccccc1Oc1ccc(Cl)cc1Cl. The molecule has 2 unspecified atom stereocenters. The molecule has 0 saturated carbocycles. The lowest BCUT2D eigenvalue weighted by Crippen LogP contribution is -2.52. The van der Waals surface area contributed by atoms with Crippen molar-refractivity contribution in [2.75, 3.05) is 31.5 Å². The van der Waals surface area contributed by atoms with Crippen LogP contribution in [0, 0.1) is 0 Å². The molecular formula is C30H36Cl2N6O4. The first-order valence-electron chi connectivity index (χ1n) is 13.5. The minimum atomic E-state index is -1.18.